The molecule has 0 spiro atoms. The molecule has 0 radical (unpaired) electrons. The van der Waals surface area contributed by atoms with Gasteiger partial charge in [0, 0.05) is 12.4 Å². The molecule has 0 fully saturated rings. The maximum absolute atomic E-state index is 12.6. The summed E-state index contributed by atoms with van der Waals surface area (Å²) in [5.74, 6) is -0.0536. The van der Waals surface area contributed by atoms with E-state index in [4.69, 9.17) is 0 Å². The predicted octanol–water partition coefficient (Wildman–Crippen LogP) is 3.87. The molecule has 0 bridgehead atoms. The van der Waals surface area contributed by atoms with E-state index in [1.165, 1.54) is 11.8 Å². The lowest BCUT2D eigenvalue weighted by Gasteiger charge is -2.17. The van der Waals surface area contributed by atoms with Crippen LogP contribution < -0.4 is 5.32 Å². The molecule has 2 aromatic carbocycles. The third-order valence-corrected chi connectivity index (χ3v) is 5.75. The second-order valence-electron chi connectivity index (χ2n) is 6.74. The number of hydrogen-bond donors (Lipinski definition) is 1. The number of para-hydroxylation sites is 1. The molecule has 2 atom stereocenters. The molecule has 1 N–H and O–H groups in total. The number of aryl methyl sites for hydroxylation is 1. The Hall–Kier alpha value is -2.93. The summed E-state index contributed by atoms with van der Waals surface area (Å²) < 4.78 is 2.01. The minimum atomic E-state index is -0.333. The molecule has 6 nitrogen and oxygen atoms in total. The van der Waals surface area contributed by atoms with E-state index in [1.54, 1.807) is 0 Å². The van der Waals surface area contributed by atoms with Crippen LogP contribution in [0.25, 0.3) is 22.1 Å². The zero-order chi connectivity index (χ0) is 19.7. The second-order valence-corrected chi connectivity index (χ2v) is 8.05. The summed E-state index contributed by atoms with van der Waals surface area (Å²) in [6, 6.07) is 17.9. The van der Waals surface area contributed by atoms with Gasteiger partial charge in [0.1, 0.15) is 5.52 Å². The number of nitrogens with zero attached hydrogens (tertiary/aromatic N) is 4. The molecular weight excluding hydrogens is 370 g/mol. The Morgan fingerprint density at radius 1 is 1.04 bits per heavy atom. The Bertz CT molecular complexity index is 1140. The molecule has 1 amide bonds. The van der Waals surface area contributed by atoms with E-state index in [-0.39, 0.29) is 17.2 Å². The molecule has 0 aliphatic carbocycles. The van der Waals surface area contributed by atoms with Gasteiger partial charge in [0.2, 0.25) is 11.1 Å². The molecule has 0 aliphatic rings. The van der Waals surface area contributed by atoms with Crippen molar-refractivity contribution < 1.29 is 4.79 Å². The summed E-state index contributed by atoms with van der Waals surface area (Å²) >= 11 is 1.31. The van der Waals surface area contributed by atoms with Crippen molar-refractivity contribution in [2.24, 2.45) is 7.05 Å². The van der Waals surface area contributed by atoms with Crippen LogP contribution in [0.2, 0.25) is 0 Å². The maximum Gasteiger partial charge on any atom is 0.233 e. The van der Waals surface area contributed by atoms with Gasteiger partial charge in [-0.3, -0.25) is 4.79 Å². The number of nitrogens with one attached hydrogen (secondary N) is 1. The van der Waals surface area contributed by atoms with Crippen LogP contribution >= 0.6 is 11.8 Å². The fourth-order valence-corrected chi connectivity index (χ4v) is 3.93. The van der Waals surface area contributed by atoms with Crippen molar-refractivity contribution in [3.63, 3.8) is 0 Å². The zero-order valence-corrected chi connectivity index (χ0v) is 16.8. The molecule has 2 aromatic heterocycles. The fraction of sp³-hybridized carbons (Fsp3) is 0.238. The van der Waals surface area contributed by atoms with Crippen LogP contribution in [-0.4, -0.2) is 30.9 Å². The average molecular weight is 392 g/mol. The predicted molar refractivity (Wildman–Crippen MR) is 112 cm³/mol. The van der Waals surface area contributed by atoms with E-state index in [0.29, 0.717) is 5.16 Å². The lowest BCUT2D eigenvalue weighted by atomic mass is 10.1. The highest BCUT2D eigenvalue weighted by atomic mass is 32.2. The highest BCUT2D eigenvalue weighted by molar-refractivity contribution is 8.00. The van der Waals surface area contributed by atoms with E-state index >= 15 is 0 Å². The van der Waals surface area contributed by atoms with Crippen LogP contribution in [0, 0.1) is 0 Å². The van der Waals surface area contributed by atoms with Crippen molar-refractivity contribution in [2.45, 2.75) is 30.3 Å². The van der Waals surface area contributed by atoms with E-state index in [9.17, 15) is 4.79 Å². The molecule has 2 heterocycles. The van der Waals surface area contributed by atoms with Gasteiger partial charge in [-0.05, 0) is 25.5 Å². The molecule has 4 aromatic rings. The molecule has 0 saturated heterocycles. The summed E-state index contributed by atoms with van der Waals surface area (Å²) in [4.78, 5) is 17.2. The number of fused-ring (bicyclic) bond motifs is 3. The summed E-state index contributed by atoms with van der Waals surface area (Å²) in [5.41, 5.74) is 3.67. The van der Waals surface area contributed by atoms with Crippen molar-refractivity contribution >= 4 is 39.7 Å². The van der Waals surface area contributed by atoms with Crippen LogP contribution in [0.15, 0.2) is 59.8 Å². The van der Waals surface area contributed by atoms with Crippen LogP contribution in [0.5, 0.6) is 0 Å². The minimum Gasteiger partial charge on any atom is -0.349 e. The highest BCUT2D eigenvalue weighted by Gasteiger charge is 2.20. The van der Waals surface area contributed by atoms with Crippen molar-refractivity contribution in [3.8, 4) is 0 Å². The molecule has 0 saturated carbocycles. The van der Waals surface area contributed by atoms with Gasteiger partial charge in [-0.1, -0.05) is 60.3 Å². The molecule has 142 valence electrons. The monoisotopic (exact) mass is 391 g/mol. The quantitative estimate of drug-likeness (QED) is 0.523. The van der Waals surface area contributed by atoms with E-state index in [0.717, 1.165) is 27.6 Å². The molecule has 0 unspecified atom stereocenters. The summed E-state index contributed by atoms with van der Waals surface area (Å²) in [6.07, 6.45) is 0. The van der Waals surface area contributed by atoms with Gasteiger partial charge in [0.25, 0.3) is 0 Å². The Morgan fingerprint density at radius 3 is 2.54 bits per heavy atom. The van der Waals surface area contributed by atoms with Gasteiger partial charge in [-0.25, -0.2) is 4.98 Å². The Balaban J connectivity index is 1.52. The van der Waals surface area contributed by atoms with Crippen molar-refractivity contribution in [1.29, 1.82) is 0 Å². The summed E-state index contributed by atoms with van der Waals surface area (Å²) in [6.45, 7) is 3.83. The Labute approximate surface area is 167 Å². The molecular formula is C21H21N5OS. The lowest BCUT2D eigenvalue weighted by Crippen LogP contribution is -2.33. The van der Waals surface area contributed by atoms with E-state index < -0.39 is 0 Å². The smallest absolute Gasteiger partial charge is 0.233 e. The SMILES string of the molecule is C[C@H](NC(=O)[C@@H](C)Sc1nnc2c3ccccc3n(C)c2n1)c1ccccc1. The van der Waals surface area contributed by atoms with Crippen molar-refractivity contribution in [1.82, 2.24) is 25.1 Å². The lowest BCUT2D eigenvalue weighted by molar-refractivity contribution is -0.120. The summed E-state index contributed by atoms with van der Waals surface area (Å²) in [5, 5.41) is 12.8. The van der Waals surface area contributed by atoms with Gasteiger partial charge in [-0.2, -0.15) is 0 Å². The topological polar surface area (TPSA) is 72.7 Å². The van der Waals surface area contributed by atoms with E-state index in [1.807, 2.05) is 80.1 Å². The Morgan fingerprint density at radius 2 is 1.75 bits per heavy atom. The third kappa shape index (κ3) is 3.45. The van der Waals surface area contributed by atoms with E-state index in [2.05, 4.69) is 20.5 Å². The van der Waals surface area contributed by atoms with Gasteiger partial charge in [0.15, 0.2) is 5.65 Å². The third-order valence-electron chi connectivity index (χ3n) is 4.80. The first-order valence-corrected chi connectivity index (χ1v) is 10.0. The molecule has 0 aliphatic heterocycles. The Kier molecular flexibility index (Phi) is 5.00. The number of thioether (sulfide) groups is 1. The number of hydrogen-bond acceptors (Lipinski definition) is 5. The van der Waals surface area contributed by atoms with Crippen LogP contribution in [0.1, 0.15) is 25.5 Å². The number of carbonyl (C=O) groups is 1. The number of amides is 1. The first-order valence-electron chi connectivity index (χ1n) is 9.14. The number of benzene rings is 2. The first kappa shape index (κ1) is 18.4. The fourth-order valence-electron chi connectivity index (χ4n) is 3.21. The maximum atomic E-state index is 12.6. The zero-order valence-electron chi connectivity index (χ0n) is 16.0. The first-order chi connectivity index (χ1) is 13.5. The molecule has 28 heavy (non-hydrogen) atoms. The molecule has 7 heteroatoms. The van der Waals surface area contributed by atoms with Crippen LogP contribution in [0.4, 0.5) is 0 Å². The normalized spacial score (nSPS) is 13.5. The molecule has 4 rings (SSSR count). The van der Waals surface area contributed by atoms with Crippen molar-refractivity contribution in [3.05, 3.63) is 60.2 Å². The largest absolute Gasteiger partial charge is 0.349 e. The van der Waals surface area contributed by atoms with Gasteiger partial charge in [0.05, 0.1) is 16.8 Å². The minimum absolute atomic E-state index is 0.0536. The van der Waals surface area contributed by atoms with Crippen LogP contribution in [0.3, 0.4) is 0 Å². The number of carbonyl (C=O) groups excluding carboxylic acids is 1. The highest BCUT2D eigenvalue weighted by Crippen LogP contribution is 2.27. The van der Waals surface area contributed by atoms with Crippen molar-refractivity contribution in [2.75, 3.05) is 0 Å². The van der Waals surface area contributed by atoms with Gasteiger partial charge >= 0.3 is 0 Å². The number of aromatic nitrogens is 4. The van der Waals surface area contributed by atoms with Gasteiger partial charge in [-0.15, -0.1) is 10.2 Å². The van der Waals surface area contributed by atoms with Crippen LogP contribution in [-0.2, 0) is 11.8 Å². The second kappa shape index (κ2) is 7.59. The summed E-state index contributed by atoms with van der Waals surface area (Å²) in [7, 11) is 1.96. The standard InChI is InChI=1S/C21H21N5OS/c1-13(15-9-5-4-6-10-15)22-20(27)14(2)28-21-23-19-18(24-25-21)16-11-7-8-12-17(16)26(19)3/h4-14H,1-3H3,(H,22,27)/t13-,14+/m0/s1. The average Bonchev–Trinajstić information content (AvgIpc) is 3.01. The van der Waals surface area contributed by atoms with Gasteiger partial charge < -0.3 is 9.88 Å². The number of rotatable bonds is 5.